The summed E-state index contributed by atoms with van der Waals surface area (Å²) in [5.41, 5.74) is 1.76. The largest absolute Gasteiger partial charge is 0.343 e. The smallest absolute Gasteiger partial charge is 0.252 e. The van der Waals surface area contributed by atoms with Gasteiger partial charge in [0.05, 0.1) is 29.6 Å². The number of hydrogen-bond acceptors (Lipinski definition) is 6. The maximum absolute atomic E-state index is 12.8. The number of carbonyl (C=O) groups is 3. The maximum Gasteiger partial charge on any atom is 0.252 e. The van der Waals surface area contributed by atoms with Crippen LogP contribution in [0.4, 0.5) is 5.69 Å². The summed E-state index contributed by atoms with van der Waals surface area (Å²) in [5.74, 6) is 0.429. The van der Waals surface area contributed by atoms with Gasteiger partial charge in [-0.15, -0.1) is 11.8 Å². The Morgan fingerprint density at radius 1 is 1.37 bits per heavy atom. The predicted molar refractivity (Wildman–Crippen MR) is 114 cm³/mol. The summed E-state index contributed by atoms with van der Waals surface area (Å²) in [5, 5.41) is 12.4. The van der Waals surface area contributed by atoms with Gasteiger partial charge in [-0.05, 0) is 30.7 Å². The van der Waals surface area contributed by atoms with Gasteiger partial charge in [0, 0.05) is 35.5 Å². The van der Waals surface area contributed by atoms with Crippen molar-refractivity contribution in [1.29, 1.82) is 5.26 Å². The van der Waals surface area contributed by atoms with E-state index in [0.717, 1.165) is 12.1 Å². The zero-order chi connectivity index (χ0) is 21.3. The molecular weight excluding hydrogens is 402 g/mol. The Hall–Kier alpha value is -3.12. The van der Waals surface area contributed by atoms with E-state index >= 15 is 0 Å². The summed E-state index contributed by atoms with van der Waals surface area (Å²) in [4.78, 5) is 45.1. The van der Waals surface area contributed by atoms with E-state index in [1.54, 1.807) is 29.3 Å². The molecule has 0 saturated carbocycles. The van der Waals surface area contributed by atoms with Crippen LogP contribution in [0.25, 0.3) is 10.9 Å². The summed E-state index contributed by atoms with van der Waals surface area (Å²) < 4.78 is 0. The Kier molecular flexibility index (Phi) is 5.59. The van der Waals surface area contributed by atoms with Crippen LogP contribution < -0.4 is 10.2 Å². The van der Waals surface area contributed by atoms with Crippen molar-refractivity contribution in [3.63, 3.8) is 0 Å². The van der Waals surface area contributed by atoms with Crippen molar-refractivity contribution in [1.82, 2.24) is 15.2 Å². The lowest BCUT2D eigenvalue weighted by molar-refractivity contribution is -0.129. The second kappa shape index (κ2) is 8.32. The number of pyridine rings is 1. The molecule has 2 aliphatic rings. The lowest BCUT2D eigenvalue weighted by atomic mass is 10.1. The molecule has 1 aromatic heterocycles. The van der Waals surface area contributed by atoms with Gasteiger partial charge in [0.1, 0.15) is 6.04 Å². The second-order valence-corrected chi connectivity index (χ2v) is 8.43. The zero-order valence-corrected chi connectivity index (χ0v) is 17.3. The number of hydrogen-bond donors (Lipinski definition) is 1. The first-order valence-corrected chi connectivity index (χ1v) is 10.9. The molecule has 9 heteroatoms. The van der Waals surface area contributed by atoms with Gasteiger partial charge in [-0.25, -0.2) is 0 Å². The molecule has 0 radical (unpaired) electrons. The molecule has 1 N–H and O–H groups in total. The summed E-state index contributed by atoms with van der Waals surface area (Å²) in [6.07, 6.45) is 2.35. The Balaban J connectivity index is 1.54. The molecule has 154 valence electrons. The van der Waals surface area contributed by atoms with Gasteiger partial charge in [0.2, 0.25) is 11.8 Å². The number of fused-ring (bicyclic) bond motifs is 1. The topological polar surface area (TPSA) is 106 Å². The number of rotatable bonds is 4. The zero-order valence-electron chi connectivity index (χ0n) is 16.5. The van der Waals surface area contributed by atoms with E-state index in [1.165, 1.54) is 16.7 Å². The highest BCUT2D eigenvalue weighted by Crippen LogP contribution is 2.29. The van der Waals surface area contributed by atoms with Crippen LogP contribution in [0.1, 0.15) is 23.7 Å². The third-order valence-corrected chi connectivity index (χ3v) is 6.52. The molecule has 2 aromatic rings. The van der Waals surface area contributed by atoms with Gasteiger partial charge in [-0.2, -0.15) is 5.26 Å². The number of nitrogens with one attached hydrogen (secondary N) is 1. The van der Waals surface area contributed by atoms with Crippen LogP contribution >= 0.6 is 11.8 Å². The Morgan fingerprint density at radius 2 is 2.20 bits per heavy atom. The summed E-state index contributed by atoms with van der Waals surface area (Å²) in [6, 6.07) is 8.69. The van der Waals surface area contributed by atoms with Crippen molar-refractivity contribution >= 4 is 46.1 Å². The van der Waals surface area contributed by atoms with Crippen molar-refractivity contribution < 1.29 is 14.4 Å². The Morgan fingerprint density at radius 3 is 2.93 bits per heavy atom. The number of anilines is 1. The van der Waals surface area contributed by atoms with E-state index in [-0.39, 0.29) is 24.3 Å². The van der Waals surface area contributed by atoms with Crippen molar-refractivity contribution in [2.24, 2.45) is 5.92 Å². The lowest BCUT2D eigenvalue weighted by Crippen LogP contribution is -2.42. The second-order valence-electron chi connectivity index (χ2n) is 7.43. The highest BCUT2D eigenvalue weighted by atomic mass is 32.2. The molecule has 2 fully saturated rings. The van der Waals surface area contributed by atoms with Crippen molar-refractivity contribution in [3.05, 3.63) is 36.0 Å². The molecule has 0 bridgehead atoms. The minimum absolute atomic E-state index is 0.00985. The van der Waals surface area contributed by atoms with E-state index in [0.29, 0.717) is 34.6 Å². The van der Waals surface area contributed by atoms with E-state index in [2.05, 4.69) is 16.4 Å². The summed E-state index contributed by atoms with van der Waals surface area (Å²) in [6.45, 7) is 2.38. The number of carbonyl (C=O) groups excluding carboxylic acids is 3. The third-order valence-electron chi connectivity index (χ3n) is 5.51. The normalized spacial score (nSPS) is 21.1. The van der Waals surface area contributed by atoms with Crippen molar-refractivity contribution in [2.75, 3.05) is 29.6 Å². The molecule has 1 aromatic carbocycles. The van der Waals surface area contributed by atoms with Crippen LogP contribution in [0, 0.1) is 17.2 Å². The number of thioether (sulfide) groups is 1. The summed E-state index contributed by atoms with van der Waals surface area (Å²) >= 11 is 1.52. The molecular formula is C21H21N5O3S. The third kappa shape index (κ3) is 3.71. The summed E-state index contributed by atoms with van der Waals surface area (Å²) in [7, 11) is 0. The number of nitriles is 1. The highest BCUT2D eigenvalue weighted by Gasteiger charge is 2.30. The first-order chi connectivity index (χ1) is 14.5. The molecule has 2 saturated heterocycles. The monoisotopic (exact) mass is 423 g/mol. The molecule has 4 rings (SSSR count). The minimum atomic E-state index is -0.455. The number of nitrogens with zero attached hydrogens (tertiary/aromatic N) is 4. The SMILES string of the molecule is C[C@H]1CCN(c2ccc3nccc(C(=O)NCC(=O)N4CSC[C@H]4C#N)c3c2)C1=O. The molecule has 0 spiro atoms. The quantitative estimate of drug-likeness (QED) is 0.803. The average molecular weight is 423 g/mol. The molecule has 3 heterocycles. The van der Waals surface area contributed by atoms with Gasteiger partial charge < -0.3 is 15.1 Å². The maximum atomic E-state index is 12.8. The standard InChI is InChI=1S/C21H21N5O3S/c1-13-5-7-25(21(13)29)14-2-3-18-17(8-14)16(4-6-23-18)20(28)24-10-19(27)26-12-30-11-15(26)9-22/h2-4,6,8,13,15H,5,7,10-12H2,1H3,(H,24,28)/t13-,15+/m0/s1. The molecule has 30 heavy (non-hydrogen) atoms. The molecule has 8 nitrogen and oxygen atoms in total. The molecule has 2 atom stereocenters. The molecule has 0 aliphatic carbocycles. The van der Waals surface area contributed by atoms with Gasteiger partial charge >= 0.3 is 0 Å². The van der Waals surface area contributed by atoms with Crippen LogP contribution in [0.15, 0.2) is 30.5 Å². The van der Waals surface area contributed by atoms with Crippen LogP contribution in [0.5, 0.6) is 0 Å². The van der Waals surface area contributed by atoms with Crippen molar-refractivity contribution in [2.45, 2.75) is 19.4 Å². The number of amides is 3. The first kappa shape index (κ1) is 20.2. The molecule has 0 unspecified atom stereocenters. The average Bonchev–Trinajstić information content (AvgIpc) is 3.37. The number of aromatic nitrogens is 1. The van der Waals surface area contributed by atoms with Crippen LogP contribution in [-0.2, 0) is 9.59 Å². The van der Waals surface area contributed by atoms with E-state index in [4.69, 9.17) is 5.26 Å². The fraction of sp³-hybridized carbons (Fsp3) is 0.381. The molecule has 3 amide bonds. The lowest BCUT2D eigenvalue weighted by Gasteiger charge is -2.19. The van der Waals surface area contributed by atoms with Crippen LogP contribution in [0.3, 0.4) is 0 Å². The molecule has 2 aliphatic heterocycles. The fourth-order valence-corrected chi connectivity index (χ4v) is 4.83. The van der Waals surface area contributed by atoms with Gasteiger partial charge in [0.15, 0.2) is 0 Å². The van der Waals surface area contributed by atoms with Crippen molar-refractivity contribution in [3.8, 4) is 6.07 Å². The predicted octanol–water partition coefficient (Wildman–Crippen LogP) is 1.76. The number of benzene rings is 1. The Labute approximate surface area is 178 Å². The van der Waals surface area contributed by atoms with Gasteiger partial charge in [0.25, 0.3) is 5.91 Å². The minimum Gasteiger partial charge on any atom is -0.343 e. The Bertz CT molecular complexity index is 1070. The van der Waals surface area contributed by atoms with Gasteiger partial charge in [-0.1, -0.05) is 6.92 Å². The van der Waals surface area contributed by atoms with E-state index < -0.39 is 11.9 Å². The first-order valence-electron chi connectivity index (χ1n) is 9.74. The van der Waals surface area contributed by atoms with Crippen LogP contribution in [-0.4, -0.2) is 58.4 Å². The van der Waals surface area contributed by atoms with E-state index in [9.17, 15) is 14.4 Å². The fourth-order valence-electron chi connectivity index (χ4n) is 3.73. The van der Waals surface area contributed by atoms with Gasteiger partial charge in [-0.3, -0.25) is 19.4 Å². The highest BCUT2D eigenvalue weighted by molar-refractivity contribution is 7.99. The van der Waals surface area contributed by atoms with Crippen LogP contribution in [0.2, 0.25) is 0 Å². The van der Waals surface area contributed by atoms with E-state index in [1.807, 2.05) is 13.0 Å².